The molecule has 8 nitrogen and oxygen atoms in total. The lowest BCUT2D eigenvalue weighted by molar-refractivity contribution is -0.121. The molecule has 0 heterocycles. The Morgan fingerprint density at radius 1 is 1.00 bits per heavy atom. The molecule has 0 aliphatic rings. The van der Waals surface area contributed by atoms with Gasteiger partial charge in [0.25, 0.3) is 0 Å². The van der Waals surface area contributed by atoms with Crippen LogP contribution in [0.4, 0.5) is 15.3 Å². The minimum absolute atomic E-state index is 0.154. The van der Waals surface area contributed by atoms with Gasteiger partial charge in [-0.15, -0.1) is 0 Å². The number of hydrogen-bond acceptors (Lipinski definition) is 5. The van der Waals surface area contributed by atoms with Gasteiger partial charge in [-0.2, -0.15) is 0 Å². The lowest BCUT2D eigenvalue weighted by atomic mass is 10.2. The number of rotatable bonds is 6. The molecule has 0 bridgehead atoms. The van der Waals surface area contributed by atoms with E-state index in [0.29, 0.717) is 12.2 Å². The Labute approximate surface area is 147 Å². The van der Waals surface area contributed by atoms with Gasteiger partial charge in [0.15, 0.2) is 0 Å². The third-order valence-corrected chi connectivity index (χ3v) is 2.90. The van der Waals surface area contributed by atoms with Gasteiger partial charge in [-0.25, -0.2) is 9.59 Å². The van der Waals surface area contributed by atoms with Gasteiger partial charge < -0.3 is 20.1 Å². The van der Waals surface area contributed by atoms with Crippen molar-refractivity contribution in [3.05, 3.63) is 29.8 Å². The van der Waals surface area contributed by atoms with Crippen LogP contribution in [0.15, 0.2) is 24.3 Å². The van der Waals surface area contributed by atoms with Crippen LogP contribution in [0.2, 0.25) is 0 Å². The molecule has 25 heavy (non-hydrogen) atoms. The summed E-state index contributed by atoms with van der Waals surface area (Å²) >= 11 is 0. The number of methoxy groups -OCH3 is 1. The summed E-state index contributed by atoms with van der Waals surface area (Å²) in [5.74, 6) is -0.187. The molecule has 1 aromatic carbocycles. The lowest BCUT2D eigenvalue weighted by Crippen LogP contribution is -2.35. The maximum absolute atomic E-state index is 11.8. The van der Waals surface area contributed by atoms with Crippen molar-refractivity contribution in [2.45, 2.75) is 39.3 Å². The van der Waals surface area contributed by atoms with Gasteiger partial charge in [0.1, 0.15) is 5.60 Å². The Morgan fingerprint density at radius 3 is 2.20 bits per heavy atom. The molecule has 1 aromatic rings. The van der Waals surface area contributed by atoms with Crippen LogP contribution in [0.1, 0.15) is 32.8 Å². The number of alkyl carbamates (subject to hydrolysis) is 1. The number of carbonyl (C=O) groups excluding carboxylic acids is 3. The van der Waals surface area contributed by atoms with E-state index >= 15 is 0 Å². The van der Waals surface area contributed by atoms with Gasteiger partial charge in [-0.1, -0.05) is 12.1 Å². The van der Waals surface area contributed by atoms with Crippen LogP contribution in [0.3, 0.4) is 0 Å². The Balaban J connectivity index is 2.27. The van der Waals surface area contributed by atoms with E-state index in [9.17, 15) is 14.4 Å². The van der Waals surface area contributed by atoms with Gasteiger partial charge in [0.2, 0.25) is 5.91 Å². The zero-order valence-corrected chi connectivity index (χ0v) is 15.0. The average molecular weight is 351 g/mol. The quantitative estimate of drug-likeness (QED) is 0.730. The molecule has 8 heteroatoms. The Morgan fingerprint density at radius 2 is 1.64 bits per heavy atom. The normalized spacial score (nSPS) is 10.6. The summed E-state index contributed by atoms with van der Waals surface area (Å²) in [4.78, 5) is 34.3. The molecule has 0 unspecified atom stereocenters. The van der Waals surface area contributed by atoms with Crippen molar-refractivity contribution < 1.29 is 23.9 Å². The summed E-state index contributed by atoms with van der Waals surface area (Å²) in [5.41, 5.74) is 0.911. The molecule has 0 aliphatic heterocycles. The van der Waals surface area contributed by atoms with Crippen molar-refractivity contribution in [3.63, 3.8) is 0 Å². The second kappa shape index (κ2) is 9.51. The monoisotopic (exact) mass is 351 g/mol. The minimum atomic E-state index is -0.568. The van der Waals surface area contributed by atoms with E-state index in [1.165, 1.54) is 7.11 Å². The first-order chi connectivity index (χ1) is 11.7. The molecular formula is C17H25N3O5. The Kier molecular flexibility index (Phi) is 7.71. The smallest absolute Gasteiger partial charge is 0.411 e. The van der Waals surface area contributed by atoms with Crippen LogP contribution >= 0.6 is 0 Å². The molecule has 0 aliphatic carbocycles. The molecule has 0 atom stereocenters. The second-order valence-corrected chi connectivity index (χ2v) is 6.27. The summed E-state index contributed by atoms with van der Waals surface area (Å²) in [5, 5.41) is 7.81. The maximum atomic E-state index is 11.8. The van der Waals surface area contributed by atoms with Crippen LogP contribution < -0.4 is 16.0 Å². The minimum Gasteiger partial charge on any atom is -0.453 e. The highest BCUT2D eigenvalue weighted by molar-refractivity contribution is 5.84. The zero-order valence-electron chi connectivity index (χ0n) is 15.0. The standard InChI is InChI=1S/C17H25N3O5/c1-17(2,3)25-15(22)18-10-9-14(21)19-11-12-5-7-13(8-6-12)20-16(23)24-4/h5-8H,9-11H2,1-4H3,(H,18,22)(H,19,21)(H,20,23). The lowest BCUT2D eigenvalue weighted by Gasteiger charge is -2.19. The highest BCUT2D eigenvalue weighted by atomic mass is 16.6. The Bertz CT molecular complexity index is 593. The number of benzene rings is 1. The SMILES string of the molecule is COC(=O)Nc1ccc(CNC(=O)CCNC(=O)OC(C)(C)C)cc1. The van der Waals surface area contributed by atoms with Crippen LogP contribution in [0.25, 0.3) is 0 Å². The van der Waals surface area contributed by atoms with E-state index in [0.717, 1.165) is 5.56 Å². The van der Waals surface area contributed by atoms with Crippen LogP contribution in [0, 0.1) is 0 Å². The van der Waals surface area contributed by atoms with Crippen LogP contribution in [-0.4, -0.2) is 37.3 Å². The number of carbonyl (C=O) groups is 3. The molecular weight excluding hydrogens is 326 g/mol. The largest absolute Gasteiger partial charge is 0.453 e. The van der Waals surface area contributed by atoms with Gasteiger partial charge in [0.05, 0.1) is 7.11 Å². The first kappa shape index (κ1) is 20.3. The third kappa shape index (κ3) is 9.19. The predicted octanol–water partition coefficient (Wildman–Crippen LogP) is 2.40. The molecule has 138 valence electrons. The zero-order chi connectivity index (χ0) is 18.9. The molecule has 0 fully saturated rings. The molecule has 3 amide bonds. The van der Waals surface area contributed by atoms with Crippen LogP contribution in [0.5, 0.6) is 0 Å². The molecule has 0 saturated heterocycles. The van der Waals surface area contributed by atoms with Gasteiger partial charge in [0, 0.05) is 25.2 Å². The number of nitrogens with one attached hydrogen (secondary N) is 3. The summed E-state index contributed by atoms with van der Waals surface area (Å²) in [6.07, 6.45) is -0.936. The molecule has 0 saturated carbocycles. The average Bonchev–Trinajstić information content (AvgIpc) is 2.52. The fourth-order valence-corrected chi connectivity index (χ4v) is 1.76. The van der Waals surface area contributed by atoms with E-state index in [1.54, 1.807) is 45.0 Å². The first-order valence-electron chi connectivity index (χ1n) is 7.87. The van der Waals surface area contributed by atoms with E-state index in [2.05, 4.69) is 20.7 Å². The van der Waals surface area contributed by atoms with Crippen molar-refractivity contribution >= 4 is 23.8 Å². The Hall–Kier alpha value is -2.77. The van der Waals surface area contributed by atoms with E-state index in [-0.39, 0.29) is 18.9 Å². The highest BCUT2D eigenvalue weighted by Gasteiger charge is 2.15. The number of ether oxygens (including phenoxy) is 2. The second-order valence-electron chi connectivity index (χ2n) is 6.27. The van der Waals surface area contributed by atoms with Gasteiger partial charge in [-0.3, -0.25) is 10.1 Å². The molecule has 0 aromatic heterocycles. The molecule has 0 spiro atoms. The summed E-state index contributed by atoms with van der Waals surface area (Å²) < 4.78 is 9.57. The fourth-order valence-electron chi connectivity index (χ4n) is 1.76. The molecule has 3 N–H and O–H groups in total. The highest BCUT2D eigenvalue weighted by Crippen LogP contribution is 2.10. The van der Waals surface area contributed by atoms with Gasteiger partial charge >= 0.3 is 12.2 Å². The van der Waals surface area contributed by atoms with Crippen molar-refractivity contribution in [1.82, 2.24) is 10.6 Å². The van der Waals surface area contributed by atoms with Crippen molar-refractivity contribution in [2.24, 2.45) is 0 Å². The number of hydrogen-bond donors (Lipinski definition) is 3. The van der Waals surface area contributed by atoms with E-state index in [4.69, 9.17) is 4.74 Å². The summed E-state index contributed by atoms with van der Waals surface area (Å²) in [6.45, 7) is 5.86. The number of anilines is 1. The number of amides is 3. The maximum Gasteiger partial charge on any atom is 0.411 e. The topological polar surface area (TPSA) is 106 Å². The first-order valence-corrected chi connectivity index (χ1v) is 7.87. The third-order valence-electron chi connectivity index (χ3n) is 2.90. The van der Waals surface area contributed by atoms with E-state index in [1.807, 2.05) is 0 Å². The predicted molar refractivity (Wildman–Crippen MR) is 93.2 cm³/mol. The van der Waals surface area contributed by atoms with E-state index < -0.39 is 17.8 Å². The molecule has 0 radical (unpaired) electrons. The van der Waals surface area contributed by atoms with Gasteiger partial charge in [-0.05, 0) is 38.5 Å². The summed E-state index contributed by atoms with van der Waals surface area (Å²) in [7, 11) is 1.29. The molecule has 1 rings (SSSR count). The van der Waals surface area contributed by atoms with Crippen molar-refractivity contribution in [1.29, 1.82) is 0 Å². The van der Waals surface area contributed by atoms with Crippen molar-refractivity contribution in [3.8, 4) is 0 Å². The fraction of sp³-hybridized carbons (Fsp3) is 0.471. The van der Waals surface area contributed by atoms with Crippen molar-refractivity contribution in [2.75, 3.05) is 19.0 Å². The summed E-state index contributed by atoms with van der Waals surface area (Å²) in [6, 6.07) is 6.99. The van der Waals surface area contributed by atoms with Crippen LogP contribution in [-0.2, 0) is 20.8 Å².